The number of carbonyl (C=O) groups is 3. The summed E-state index contributed by atoms with van der Waals surface area (Å²) in [6.07, 6.45) is 0.185. The molecule has 3 N–H and O–H groups in total. The van der Waals surface area contributed by atoms with Gasteiger partial charge < -0.3 is 25.8 Å². The number of piperazine rings is 1. The Kier molecular flexibility index (Phi) is 8.65. The summed E-state index contributed by atoms with van der Waals surface area (Å²) in [5, 5.41) is 8.78. The summed E-state index contributed by atoms with van der Waals surface area (Å²) in [5.41, 5.74) is 4.78. The molecule has 0 bridgehead atoms. The first-order valence-electron chi connectivity index (χ1n) is 13.9. The van der Waals surface area contributed by atoms with Crippen molar-refractivity contribution < 1.29 is 18.8 Å². The zero-order chi connectivity index (χ0) is 29.8. The molecule has 3 amide bonds. The molecule has 0 saturated carbocycles. The minimum absolute atomic E-state index is 0.0162. The second kappa shape index (κ2) is 12.5. The fourth-order valence-electron chi connectivity index (χ4n) is 5.14. The molecule has 3 aromatic rings. The Bertz CT molecular complexity index is 1530. The lowest BCUT2D eigenvalue weighted by Crippen LogP contribution is -2.48. The Balaban J connectivity index is 1.43. The van der Waals surface area contributed by atoms with Crippen molar-refractivity contribution in [2.75, 3.05) is 69.4 Å². The molecular formula is C32H35FN6O3. The predicted molar refractivity (Wildman–Crippen MR) is 163 cm³/mol. The predicted octanol–water partition coefficient (Wildman–Crippen LogP) is 3.26. The number of fused-ring (bicyclic) bond motifs is 1. The maximum atomic E-state index is 13.9. The van der Waals surface area contributed by atoms with Crippen LogP contribution in [0.15, 0.2) is 66.7 Å². The smallest absolute Gasteiger partial charge is 0.258 e. The van der Waals surface area contributed by atoms with Crippen molar-refractivity contribution >= 4 is 46.1 Å². The summed E-state index contributed by atoms with van der Waals surface area (Å²) in [5.74, 6) is -0.919. The second-order valence-corrected chi connectivity index (χ2v) is 10.6. The first-order chi connectivity index (χ1) is 20.2. The average molecular weight is 571 g/mol. The lowest BCUT2D eigenvalue weighted by atomic mass is 9.98. The molecule has 0 unspecified atom stereocenters. The number of nitrogens with zero attached hydrogens (tertiary/aromatic N) is 3. The number of likely N-dealkylation sites (N-methyl/N-ethyl adjacent to an activating group) is 3. The molecular weight excluding hydrogens is 535 g/mol. The van der Waals surface area contributed by atoms with E-state index in [1.807, 2.05) is 48.5 Å². The van der Waals surface area contributed by atoms with E-state index in [9.17, 15) is 18.8 Å². The minimum Gasteiger partial charge on any atom is -0.359 e. The van der Waals surface area contributed by atoms with Crippen molar-refractivity contribution in [2.24, 2.45) is 0 Å². The van der Waals surface area contributed by atoms with E-state index >= 15 is 0 Å². The Hall–Kier alpha value is -4.54. The number of carbonyl (C=O) groups excluding carboxylic acids is 3. The average Bonchev–Trinajstić information content (AvgIpc) is 3.31. The van der Waals surface area contributed by atoms with E-state index < -0.39 is 5.82 Å². The Morgan fingerprint density at radius 1 is 1.00 bits per heavy atom. The van der Waals surface area contributed by atoms with Crippen LogP contribution in [0.1, 0.15) is 16.7 Å². The fourth-order valence-corrected chi connectivity index (χ4v) is 5.14. The van der Waals surface area contributed by atoms with Gasteiger partial charge >= 0.3 is 0 Å². The van der Waals surface area contributed by atoms with E-state index in [1.54, 1.807) is 25.1 Å². The van der Waals surface area contributed by atoms with Gasteiger partial charge in [-0.05, 0) is 66.7 Å². The van der Waals surface area contributed by atoms with Crippen LogP contribution in [0.25, 0.3) is 11.3 Å². The monoisotopic (exact) mass is 570 g/mol. The molecule has 1 fully saturated rings. The molecule has 42 heavy (non-hydrogen) atoms. The van der Waals surface area contributed by atoms with E-state index in [0.29, 0.717) is 40.3 Å². The molecule has 10 heteroatoms. The van der Waals surface area contributed by atoms with Crippen LogP contribution >= 0.6 is 0 Å². The fraction of sp³-hybridized carbons (Fsp3) is 0.281. The third-order valence-electron chi connectivity index (χ3n) is 7.69. The first kappa shape index (κ1) is 29.0. The lowest BCUT2D eigenvalue weighted by Gasteiger charge is -2.32. The van der Waals surface area contributed by atoms with Crippen molar-refractivity contribution in [3.63, 3.8) is 0 Å². The number of benzene rings is 3. The van der Waals surface area contributed by atoms with E-state index in [2.05, 4.69) is 32.8 Å². The molecule has 0 radical (unpaired) electrons. The highest BCUT2D eigenvalue weighted by molar-refractivity contribution is 6.37. The molecule has 0 aromatic heterocycles. The number of hydrogen-bond donors (Lipinski definition) is 3. The van der Waals surface area contributed by atoms with E-state index in [1.165, 1.54) is 12.1 Å². The van der Waals surface area contributed by atoms with Gasteiger partial charge in [0.15, 0.2) is 0 Å². The quantitative estimate of drug-likeness (QED) is 0.360. The Morgan fingerprint density at radius 3 is 2.45 bits per heavy atom. The molecule has 5 rings (SSSR count). The van der Waals surface area contributed by atoms with Crippen molar-refractivity contribution in [1.82, 2.24) is 15.1 Å². The number of nitrogens with one attached hydrogen (secondary N) is 3. The summed E-state index contributed by atoms with van der Waals surface area (Å²) >= 11 is 0. The molecule has 3 aromatic carbocycles. The first-order valence-corrected chi connectivity index (χ1v) is 13.9. The zero-order valence-corrected chi connectivity index (χ0v) is 24.0. The van der Waals surface area contributed by atoms with Crippen LogP contribution in [0.3, 0.4) is 0 Å². The van der Waals surface area contributed by atoms with E-state index in [-0.39, 0.29) is 24.1 Å². The van der Waals surface area contributed by atoms with Gasteiger partial charge in [-0.3, -0.25) is 19.3 Å². The zero-order valence-electron chi connectivity index (χ0n) is 24.0. The van der Waals surface area contributed by atoms with Crippen LogP contribution in [0.5, 0.6) is 0 Å². The summed E-state index contributed by atoms with van der Waals surface area (Å²) in [6.45, 7) is 3.99. The maximum absolute atomic E-state index is 13.9. The van der Waals surface area contributed by atoms with Gasteiger partial charge in [0, 0.05) is 57.2 Å². The van der Waals surface area contributed by atoms with Gasteiger partial charge in [-0.15, -0.1) is 0 Å². The van der Waals surface area contributed by atoms with Crippen LogP contribution in [-0.2, 0) is 20.8 Å². The van der Waals surface area contributed by atoms with Crippen LogP contribution in [-0.4, -0.2) is 81.4 Å². The normalized spacial score (nSPS) is 16.4. The van der Waals surface area contributed by atoms with Gasteiger partial charge in [-0.25, -0.2) is 4.39 Å². The summed E-state index contributed by atoms with van der Waals surface area (Å²) in [4.78, 5) is 44.3. The van der Waals surface area contributed by atoms with Gasteiger partial charge in [-0.1, -0.05) is 18.2 Å². The molecule has 218 valence electrons. The summed E-state index contributed by atoms with van der Waals surface area (Å²) < 4.78 is 13.9. The number of anilines is 3. The van der Waals surface area contributed by atoms with Gasteiger partial charge in [0.2, 0.25) is 11.8 Å². The number of rotatable bonds is 8. The highest BCUT2D eigenvalue weighted by Gasteiger charge is 2.29. The second-order valence-electron chi connectivity index (χ2n) is 10.6. The summed E-state index contributed by atoms with van der Waals surface area (Å²) in [6, 6.07) is 19.0. The topological polar surface area (TPSA) is 97.0 Å². The SMILES string of the molecule is CNC(=O)Cc1cccc(/C(Nc2ccc(N(C)C(=O)CN3CCN(C)CC3)cc2)=C2/C(=O)Nc3cc(F)ccc32)c1. The maximum Gasteiger partial charge on any atom is 0.258 e. The molecule has 0 atom stereocenters. The Morgan fingerprint density at radius 2 is 1.74 bits per heavy atom. The van der Waals surface area contributed by atoms with Gasteiger partial charge in [0.1, 0.15) is 5.82 Å². The third-order valence-corrected chi connectivity index (χ3v) is 7.69. The highest BCUT2D eigenvalue weighted by atomic mass is 19.1. The summed E-state index contributed by atoms with van der Waals surface area (Å²) in [7, 11) is 5.44. The van der Waals surface area contributed by atoms with E-state index in [0.717, 1.165) is 37.4 Å². The molecule has 0 spiro atoms. The molecule has 1 saturated heterocycles. The van der Waals surface area contributed by atoms with Crippen molar-refractivity contribution in [3.05, 3.63) is 89.2 Å². The molecule has 9 nitrogen and oxygen atoms in total. The van der Waals surface area contributed by atoms with E-state index in [4.69, 9.17) is 0 Å². The minimum atomic E-state index is -0.445. The highest BCUT2D eigenvalue weighted by Crippen LogP contribution is 2.38. The van der Waals surface area contributed by atoms with Crippen molar-refractivity contribution in [1.29, 1.82) is 0 Å². The number of amides is 3. The van der Waals surface area contributed by atoms with Gasteiger partial charge in [-0.2, -0.15) is 0 Å². The van der Waals surface area contributed by atoms with Crippen molar-refractivity contribution in [3.8, 4) is 0 Å². The molecule has 2 heterocycles. The van der Waals surface area contributed by atoms with Crippen LogP contribution in [0.4, 0.5) is 21.5 Å². The third kappa shape index (κ3) is 6.50. The molecule has 2 aliphatic heterocycles. The van der Waals surface area contributed by atoms with Crippen molar-refractivity contribution in [2.45, 2.75) is 6.42 Å². The Labute approximate surface area is 245 Å². The largest absolute Gasteiger partial charge is 0.359 e. The lowest BCUT2D eigenvalue weighted by molar-refractivity contribution is -0.120. The molecule has 2 aliphatic rings. The number of hydrogen-bond acceptors (Lipinski definition) is 6. The van der Waals surface area contributed by atoms with Crippen LogP contribution in [0.2, 0.25) is 0 Å². The standard InChI is InChI=1S/C32H35FN6O3/c1-34-28(40)18-21-5-4-6-22(17-21)31(30-26-12-7-23(33)19-27(26)36-32(30)42)35-24-8-10-25(11-9-24)38(3)29(41)20-39-15-13-37(2)14-16-39/h4-12,17,19,35H,13-16,18,20H2,1-3H3,(H,34,40)(H,36,42)/b31-30-. The molecule has 0 aliphatic carbocycles. The van der Waals surface area contributed by atoms with Gasteiger partial charge in [0.25, 0.3) is 5.91 Å². The van der Waals surface area contributed by atoms with Crippen LogP contribution < -0.4 is 20.9 Å². The number of halogens is 1. The van der Waals surface area contributed by atoms with Crippen LogP contribution in [0, 0.1) is 5.82 Å². The van der Waals surface area contributed by atoms with Gasteiger partial charge in [0.05, 0.1) is 29.9 Å².